The Balaban J connectivity index is 1.52. The van der Waals surface area contributed by atoms with Crippen LogP contribution in [0.5, 0.6) is 5.75 Å². The fourth-order valence-electron chi connectivity index (χ4n) is 5.17. The Morgan fingerprint density at radius 1 is 1.13 bits per heavy atom. The lowest BCUT2D eigenvalue weighted by Crippen LogP contribution is -2.36. The van der Waals surface area contributed by atoms with Crippen LogP contribution in [0.2, 0.25) is 0 Å². The van der Waals surface area contributed by atoms with Crippen LogP contribution < -0.4 is 4.74 Å². The van der Waals surface area contributed by atoms with E-state index in [-0.39, 0.29) is 30.5 Å². The zero-order chi connectivity index (χ0) is 27.0. The largest absolute Gasteiger partial charge is 0.488 e. The number of fused-ring (bicyclic) bond motifs is 2. The van der Waals surface area contributed by atoms with Crippen molar-refractivity contribution in [2.45, 2.75) is 50.2 Å². The molecule has 5 rings (SSSR count). The first kappa shape index (κ1) is 25.9. The Morgan fingerprint density at radius 2 is 1.92 bits per heavy atom. The number of ether oxygens (including phenoxy) is 1. The highest BCUT2D eigenvalue weighted by atomic mass is 32.2. The van der Waals surface area contributed by atoms with Gasteiger partial charge in [-0.25, -0.2) is 13.1 Å². The molecule has 0 saturated heterocycles. The number of carboxylic acid groups (broad SMARTS) is 1. The number of hydrogen-bond acceptors (Lipinski definition) is 6. The first-order valence-electron chi connectivity index (χ1n) is 12.5. The maximum Gasteiger partial charge on any atom is 0.304 e. The quantitative estimate of drug-likeness (QED) is 0.377. The fourth-order valence-corrected chi connectivity index (χ4v) is 6.75. The minimum atomic E-state index is -3.80. The van der Waals surface area contributed by atoms with E-state index >= 15 is 0 Å². The van der Waals surface area contributed by atoms with E-state index in [0.717, 1.165) is 27.8 Å². The average molecular weight is 535 g/mol. The Hall–Kier alpha value is -3.76. The summed E-state index contributed by atoms with van der Waals surface area (Å²) in [5.74, 6) is -0.996. The average Bonchev–Trinajstić information content (AvgIpc) is 3.22. The molecular weight excluding hydrogens is 504 g/mol. The predicted octanol–water partition coefficient (Wildman–Crippen LogP) is 4.25. The van der Waals surface area contributed by atoms with Crippen LogP contribution in [0.4, 0.5) is 0 Å². The molecule has 198 valence electrons. The van der Waals surface area contributed by atoms with E-state index in [0.29, 0.717) is 17.7 Å². The second kappa shape index (κ2) is 10.2. The zero-order valence-corrected chi connectivity index (χ0v) is 22.4. The molecule has 2 heterocycles. The van der Waals surface area contributed by atoms with Crippen molar-refractivity contribution >= 4 is 27.0 Å². The second-order valence-electron chi connectivity index (χ2n) is 9.71. The van der Waals surface area contributed by atoms with Gasteiger partial charge in [0.15, 0.2) is 0 Å². The molecule has 3 aromatic carbocycles. The van der Waals surface area contributed by atoms with Crippen LogP contribution in [0.1, 0.15) is 47.9 Å². The van der Waals surface area contributed by atoms with Gasteiger partial charge in [0.05, 0.1) is 18.5 Å². The predicted molar refractivity (Wildman–Crippen MR) is 143 cm³/mol. The SMILES string of the molecule is CCC1CN(Cc2cccc(C(CC(=O)O)c3cc(C)c4c(c3)nnn4C)c2)S(=O)(=O)c2ccccc2O1. The molecule has 0 spiro atoms. The number of hydrogen-bond donors (Lipinski definition) is 1. The van der Waals surface area contributed by atoms with Crippen LogP contribution in [0.3, 0.4) is 0 Å². The number of aromatic nitrogens is 3. The summed E-state index contributed by atoms with van der Waals surface area (Å²) in [4.78, 5) is 12.0. The first-order valence-corrected chi connectivity index (χ1v) is 14.0. The molecule has 1 aromatic heterocycles. The van der Waals surface area contributed by atoms with Gasteiger partial charge >= 0.3 is 5.97 Å². The van der Waals surface area contributed by atoms with Crippen molar-refractivity contribution in [3.05, 3.63) is 82.9 Å². The van der Waals surface area contributed by atoms with Crippen LogP contribution in [0.25, 0.3) is 11.0 Å². The molecule has 1 aliphatic heterocycles. The molecule has 0 saturated carbocycles. The van der Waals surface area contributed by atoms with Crippen LogP contribution in [-0.2, 0) is 28.4 Å². The summed E-state index contributed by atoms with van der Waals surface area (Å²) >= 11 is 0. The molecule has 4 aromatic rings. The van der Waals surface area contributed by atoms with Crippen molar-refractivity contribution in [3.8, 4) is 5.75 Å². The van der Waals surface area contributed by atoms with E-state index in [1.807, 2.05) is 57.3 Å². The minimum Gasteiger partial charge on any atom is -0.488 e. The van der Waals surface area contributed by atoms with Crippen LogP contribution in [-0.4, -0.2) is 51.4 Å². The van der Waals surface area contributed by atoms with Gasteiger partial charge in [-0.15, -0.1) is 5.10 Å². The van der Waals surface area contributed by atoms with Crippen LogP contribution >= 0.6 is 0 Å². The number of aliphatic carboxylic acids is 1. The summed E-state index contributed by atoms with van der Waals surface area (Å²) in [6, 6.07) is 18.1. The fraction of sp³-hybridized carbons (Fsp3) is 0.321. The third kappa shape index (κ3) is 4.89. The van der Waals surface area contributed by atoms with Gasteiger partial charge in [0.1, 0.15) is 22.3 Å². The number of para-hydroxylation sites is 1. The number of aryl methyl sites for hydroxylation is 2. The summed E-state index contributed by atoms with van der Waals surface area (Å²) in [7, 11) is -1.97. The lowest BCUT2D eigenvalue weighted by Gasteiger charge is -2.23. The van der Waals surface area contributed by atoms with E-state index in [2.05, 4.69) is 10.3 Å². The molecule has 1 N–H and O–H groups in total. The van der Waals surface area contributed by atoms with Gasteiger partial charge in [0.2, 0.25) is 10.0 Å². The summed E-state index contributed by atoms with van der Waals surface area (Å²) < 4.78 is 36.4. The van der Waals surface area contributed by atoms with Crippen LogP contribution in [0.15, 0.2) is 65.6 Å². The number of sulfonamides is 1. The summed E-state index contributed by atoms with van der Waals surface area (Å²) in [6.07, 6.45) is 0.263. The van der Waals surface area contributed by atoms with E-state index < -0.39 is 21.9 Å². The molecule has 10 heteroatoms. The van der Waals surface area contributed by atoms with Crippen molar-refractivity contribution in [1.29, 1.82) is 0 Å². The van der Waals surface area contributed by atoms with Crippen molar-refractivity contribution in [1.82, 2.24) is 19.3 Å². The molecule has 0 bridgehead atoms. The maximum absolute atomic E-state index is 13.6. The van der Waals surface area contributed by atoms with E-state index in [1.54, 1.807) is 28.9 Å². The third-order valence-corrected chi connectivity index (χ3v) is 8.88. The van der Waals surface area contributed by atoms with Crippen molar-refractivity contribution in [2.75, 3.05) is 6.54 Å². The van der Waals surface area contributed by atoms with Gasteiger partial charge in [-0.1, -0.05) is 54.6 Å². The molecule has 0 amide bonds. The Morgan fingerprint density at radius 3 is 2.68 bits per heavy atom. The normalized spacial score (nSPS) is 17.9. The Labute approximate surface area is 221 Å². The molecular formula is C28H30N4O5S. The molecule has 0 radical (unpaired) electrons. The lowest BCUT2D eigenvalue weighted by molar-refractivity contribution is -0.137. The highest BCUT2D eigenvalue weighted by molar-refractivity contribution is 7.89. The van der Waals surface area contributed by atoms with Gasteiger partial charge in [-0.05, 0) is 53.8 Å². The molecule has 2 unspecified atom stereocenters. The minimum absolute atomic E-state index is 0.115. The molecule has 38 heavy (non-hydrogen) atoms. The van der Waals surface area contributed by atoms with Crippen molar-refractivity contribution < 1.29 is 23.1 Å². The number of nitrogens with zero attached hydrogens (tertiary/aromatic N) is 4. The van der Waals surface area contributed by atoms with Crippen molar-refractivity contribution in [2.24, 2.45) is 7.05 Å². The Kier molecular flexibility index (Phi) is 6.93. The number of carboxylic acids is 1. The van der Waals surface area contributed by atoms with Crippen LogP contribution in [0, 0.1) is 6.92 Å². The molecule has 1 aliphatic rings. The maximum atomic E-state index is 13.6. The number of rotatable bonds is 7. The monoisotopic (exact) mass is 534 g/mol. The number of benzene rings is 3. The van der Waals surface area contributed by atoms with E-state index in [9.17, 15) is 18.3 Å². The summed E-state index contributed by atoms with van der Waals surface area (Å²) in [5, 5.41) is 18.1. The lowest BCUT2D eigenvalue weighted by atomic mass is 9.86. The third-order valence-electron chi connectivity index (χ3n) is 7.03. The molecule has 0 fully saturated rings. The first-order chi connectivity index (χ1) is 18.2. The standard InChI is InChI=1S/C28H30N4O5S/c1-4-22-17-32(38(35,36)26-11-6-5-10-25(26)37-22)16-19-8-7-9-20(13-19)23(15-27(33)34)21-12-18(2)28-24(14-21)29-30-31(28)3/h5-14,22-23H,4,15-17H2,1-3H3,(H,33,34). The topological polar surface area (TPSA) is 115 Å². The Bertz CT molecular complexity index is 1610. The van der Waals surface area contributed by atoms with Gasteiger partial charge in [0, 0.05) is 19.5 Å². The second-order valence-corrected chi connectivity index (χ2v) is 11.6. The van der Waals surface area contributed by atoms with Gasteiger partial charge in [-0.2, -0.15) is 4.31 Å². The highest BCUT2D eigenvalue weighted by Crippen LogP contribution is 2.34. The van der Waals surface area contributed by atoms with Gasteiger partial charge in [-0.3, -0.25) is 4.79 Å². The van der Waals surface area contributed by atoms with E-state index in [1.165, 1.54) is 4.31 Å². The van der Waals surface area contributed by atoms with Gasteiger partial charge < -0.3 is 9.84 Å². The highest BCUT2D eigenvalue weighted by Gasteiger charge is 2.34. The van der Waals surface area contributed by atoms with Gasteiger partial charge in [0.25, 0.3) is 0 Å². The smallest absolute Gasteiger partial charge is 0.304 e. The molecule has 2 atom stereocenters. The summed E-state index contributed by atoms with van der Waals surface area (Å²) in [5.41, 5.74) is 4.95. The molecule has 9 nitrogen and oxygen atoms in total. The summed E-state index contributed by atoms with van der Waals surface area (Å²) in [6.45, 7) is 4.29. The molecule has 0 aliphatic carbocycles. The zero-order valence-electron chi connectivity index (χ0n) is 21.5. The van der Waals surface area contributed by atoms with Crippen molar-refractivity contribution in [3.63, 3.8) is 0 Å². The number of carbonyl (C=O) groups is 1. The van der Waals surface area contributed by atoms with E-state index in [4.69, 9.17) is 4.74 Å².